The highest BCUT2D eigenvalue weighted by molar-refractivity contribution is 5.86. The van der Waals surface area contributed by atoms with Gasteiger partial charge in [-0.05, 0) is 33.1 Å². The van der Waals surface area contributed by atoms with E-state index >= 15 is 0 Å². The molecule has 2 saturated heterocycles. The van der Waals surface area contributed by atoms with Crippen molar-refractivity contribution < 1.29 is 9.90 Å². The zero-order chi connectivity index (χ0) is 13.9. The molecule has 0 saturated carbocycles. The van der Waals surface area contributed by atoms with Gasteiger partial charge in [-0.15, -0.1) is 0 Å². The summed E-state index contributed by atoms with van der Waals surface area (Å²) in [6.07, 6.45) is 3.10. The summed E-state index contributed by atoms with van der Waals surface area (Å²) in [5.41, 5.74) is -0.465. The average Bonchev–Trinajstić information content (AvgIpc) is 2.47. The SMILES string of the molecule is CC(C)(C(=O)N1CCCCC1CO)N1CCNCC1. The Morgan fingerprint density at radius 2 is 1.95 bits per heavy atom. The summed E-state index contributed by atoms with van der Waals surface area (Å²) in [5, 5.41) is 12.8. The van der Waals surface area contributed by atoms with Crippen LogP contribution in [0.15, 0.2) is 0 Å². The number of piperazine rings is 1. The Bertz CT molecular complexity index is 314. The van der Waals surface area contributed by atoms with Crippen LogP contribution in [-0.2, 0) is 4.79 Å². The number of carbonyl (C=O) groups excluding carboxylic acids is 1. The van der Waals surface area contributed by atoms with Gasteiger partial charge in [0.2, 0.25) is 5.91 Å². The summed E-state index contributed by atoms with van der Waals surface area (Å²) in [6.45, 7) is 8.63. The average molecular weight is 269 g/mol. The number of nitrogens with one attached hydrogen (secondary N) is 1. The third kappa shape index (κ3) is 3.09. The number of piperidine rings is 1. The lowest BCUT2D eigenvalue weighted by Crippen LogP contribution is -2.62. The molecule has 2 aliphatic heterocycles. The van der Waals surface area contributed by atoms with Gasteiger partial charge < -0.3 is 15.3 Å². The first-order valence-electron chi connectivity index (χ1n) is 7.45. The molecular formula is C14H27N3O2. The molecule has 0 aromatic heterocycles. The van der Waals surface area contributed by atoms with Gasteiger partial charge in [0.1, 0.15) is 0 Å². The van der Waals surface area contributed by atoms with E-state index in [1.807, 2.05) is 18.7 Å². The van der Waals surface area contributed by atoms with E-state index in [1.165, 1.54) is 0 Å². The van der Waals surface area contributed by atoms with E-state index in [-0.39, 0.29) is 18.6 Å². The quantitative estimate of drug-likeness (QED) is 0.760. The van der Waals surface area contributed by atoms with Crippen LogP contribution in [0.3, 0.4) is 0 Å². The molecule has 2 rings (SSSR count). The number of rotatable bonds is 3. The fourth-order valence-electron chi connectivity index (χ4n) is 3.17. The molecule has 1 amide bonds. The van der Waals surface area contributed by atoms with Crippen molar-refractivity contribution in [3.8, 4) is 0 Å². The number of amides is 1. The number of aliphatic hydroxyl groups is 1. The van der Waals surface area contributed by atoms with Gasteiger partial charge >= 0.3 is 0 Å². The summed E-state index contributed by atoms with van der Waals surface area (Å²) < 4.78 is 0. The van der Waals surface area contributed by atoms with Crippen LogP contribution < -0.4 is 5.32 Å². The second-order valence-electron chi connectivity index (χ2n) is 6.13. The summed E-state index contributed by atoms with van der Waals surface area (Å²) in [6, 6.07) is 0.0171. The number of carbonyl (C=O) groups is 1. The maximum atomic E-state index is 12.8. The summed E-state index contributed by atoms with van der Waals surface area (Å²) in [7, 11) is 0. The van der Waals surface area contributed by atoms with Crippen molar-refractivity contribution in [1.82, 2.24) is 15.1 Å². The smallest absolute Gasteiger partial charge is 0.242 e. The molecule has 0 aliphatic carbocycles. The first kappa shape index (κ1) is 14.8. The molecule has 0 aromatic carbocycles. The largest absolute Gasteiger partial charge is 0.394 e. The monoisotopic (exact) mass is 269 g/mol. The van der Waals surface area contributed by atoms with Crippen LogP contribution in [0, 0.1) is 0 Å². The molecule has 1 unspecified atom stereocenters. The van der Waals surface area contributed by atoms with E-state index in [1.54, 1.807) is 0 Å². The Morgan fingerprint density at radius 1 is 1.26 bits per heavy atom. The van der Waals surface area contributed by atoms with Gasteiger partial charge in [-0.3, -0.25) is 9.69 Å². The van der Waals surface area contributed by atoms with E-state index in [0.717, 1.165) is 52.0 Å². The minimum absolute atomic E-state index is 0.0171. The fraction of sp³-hybridized carbons (Fsp3) is 0.929. The minimum Gasteiger partial charge on any atom is -0.394 e. The van der Waals surface area contributed by atoms with Gasteiger partial charge in [-0.1, -0.05) is 0 Å². The highest BCUT2D eigenvalue weighted by Gasteiger charge is 2.40. The van der Waals surface area contributed by atoms with Crippen molar-refractivity contribution in [2.75, 3.05) is 39.3 Å². The van der Waals surface area contributed by atoms with Gasteiger partial charge in [0.15, 0.2) is 0 Å². The topological polar surface area (TPSA) is 55.8 Å². The van der Waals surface area contributed by atoms with Crippen LogP contribution in [0.2, 0.25) is 0 Å². The Kier molecular flexibility index (Phi) is 4.81. The van der Waals surface area contributed by atoms with E-state index < -0.39 is 5.54 Å². The third-order valence-electron chi connectivity index (χ3n) is 4.53. The highest BCUT2D eigenvalue weighted by atomic mass is 16.3. The molecule has 0 aromatic rings. The summed E-state index contributed by atoms with van der Waals surface area (Å²) in [5.74, 6) is 0.174. The van der Waals surface area contributed by atoms with Crippen molar-refractivity contribution in [3.05, 3.63) is 0 Å². The van der Waals surface area contributed by atoms with Gasteiger partial charge in [0.05, 0.1) is 18.2 Å². The number of hydrogen-bond acceptors (Lipinski definition) is 4. The normalized spacial score (nSPS) is 26.5. The molecule has 1 atom stereocenters. The standard InChI is InChI=1S/C14H27N3O2/c1-14(2,16-9-6-15-7-10-16)13(19)17-8-4-3-5-12(17)11-18/h12,15,18H,3-11H2,1-2H3. The van der Waals surface area contributed by atoms with Gasteiger partial charge in [-0.25, -0.2) is 0 Å². The predicted octanol–water partition coefficient (Wildman–Crippen LogP) is 0.0436. The van der Waals surface area contributed by atoms with Gasteiger partial charge in [0.25, 0.3) is 0 Å². The molecule has 0 bridgehead atoms. The first-order valence-corrected chi connectivity index (χ1v) is 7.45. The second-order valence-corrected chi connectivity index (χ2v) is 6.13. The maximum absolute atomic E-state index is 12.8. The van der Waals surface area contributed by atoms with Crippen molar-refractivity contribution in [3.63, 3.8) is 0 Å². The predicted molar refractivity (Wildman–Crippen MR) is 75.0 cm³/mol. The number of aliphatic hydroxyl groups excluding tert-OH is 1. The number of nitrogens with zero attached hydrogens (tertiary/aromatic N) is 2. The maximum Gasteiger partial charge on any atom is 0.242 e. The Morgan fingerprint density at radius 3 is 2.58 bits per heavy atom. The zero-order valence-electron chi connectivity index (χ0n) is 12.2. The molecule has 110 valence electrons. The molecule has 0 radical (unpaired) electrons. The fourth-order valence-corrected chi connectivity index (χ4v) is 3.17. The third-order valence-corrected chi connectivity index (χ3v) is 4.53. The van der Waals surface area contributed by atoms with Crippen LogP contribution >= 0.6 is 0 Å². The molecular weight excluding hydrogens is 242 g/mol. The van der Waals surface area contributed by atoms with Crippen molar-refractivity contribution in [2.45, 2.75) is 44.7 Å². The first-order chi connectivity index (χ1) is 9.07. The summed E-state index contributed by atoms with van der Waals surface area (Å²) in [4.78, 5) is 17.0. The van der Waals surface area contributed by atoms with E-state index in [2.05, 4.69) is 10.2 Å². The molecule has 2 fully saturated rings. The summed E-state index contributed by atoms with van der Waals surface area (Å²) >= 11 is 0. The van der Waals surface area contributed by atoms with Gasteiger partial charge in [0, 0.05) is 32.7 Å². The lowest BCUT2D eigenvalue weighted by atomic mass is 9.95. The number of likely N-dealkylation sites (tertiary alicyclic amines) is 1. The molecule has 2 heterocycles. The van der Waals surface area contributed by atoms with Crippen LogP contribution in [-0.4, -0.2) is 71.7 Å². The van der Waals surface area contributed by atoms with E-state index in [4.69, 9.17) is 0 Å². The van der Waals surface area contributed by atoms with Crippen molar-refractivity contribution in [2.24, 2.45) is 0 Å². The molecule has 5 nitrogen and oxygen atoms in total. The molecule has 19 heavy (non-hydrogen) atoms. The van der Waals surface area contributed by atoms with Crippen LogP contribution in [0.25, 0.3) is 0 Å². The molecule has 5 heteroatoms. The zero-order valence-corrected chi connectivity index (χ0v) is 12.2. The van der Waals surface area contributed by atoms with Crippen LogP contribution in [0.4, 0.5) is 0 Å². The lowest BCUT2D eigenvalue weighted by molar-refractivity contribution is -0.148. The van der Waals surface area contributed by atoms with Crippen LogP contribution in [0.1, 0.15) is 33.1 Å². The Hall–Kier alpha value is -0.650. The van der Waals surface area contributed by atoms with Crippen molar-refractivity contribution in [1.29, 1.82) is 0 Å². The van der Waals surface area contributed by atoms with Crippen LogP contribution in [0.5, 0.6) is 0 Å². The van der Waals surface area contributed by atoms with E-state index in [0.29, 0.717) is 0 Å². The van der Waals surface area contributed by atoms with Gasteiger partial charge in [-0.2, -0.15) is 0 Å². The molecule has 2 N–H and O–H groups in total. The second kappa shape index (κ2) is 6.20. The van der Waals surface area contributed by atoms with Crippen molar-refractivity contribution >= 4 is 5.91 Å². The Balaban J connectivity index is 2.07. The Labute approximate surface area is 115 Å². The molecule has 2 aliphatic rings. The highest BCUT2D eigenvalue weighted by Crippen LogP contribution is 2.24. The molecule has 0 spiro atoms. The lowest BCUT2D eigenvalue weighted by Gasteiger charge is -2.45. The number of hydrogen-bond donors (Lipinski definition) is 2. The van der Waals surface area contributed by atoms with E-state index in [9.17, 15) is 9.90 Å². The minimum atomic E-state index is -0.465.